The second kappa shape index (κ2) is 8.74. The molecule has 0 fully saturated rings. The molecule has 12 heteroatoms. The molecule has 0 atom stereocenters. The van der Waals surface area contributed by atoms with E-state index in [1.807, 2.05) is 0 Å². The van der Waals surface area contributed by atoms with Crippen LogP contribution in [0.15, 0.2) is 24.4 Å². The number of aromatic nitrogens is 4. The van der Waals surface area contributed by atoms with Crippen LogP contribution < -0.4 is 15.8 Å². The summed E-state index contributed by atoms with van der Waals surface area (Å²) in [6, 6.07) is 4.19. The predicted octanol–water partition coefficient (Wildman–Crippen LogP) is 3.79. The molecule has 0 unspecified atom stereocenters. The number of unbranched alkanes of at least 4 members (excludes halogenated alkanes) is 1. The molecule has 160 valence electrons. The van der Waals surface area contributed by atoms with Crippen LogP contribution in [0.4, 0.5) is 24.9 Å². The number of rotatable bonds is 7. The summed E-state index contributed by atoms with van der Waals surface area (Å²) in [4.78, 5) is 19.4. The zero-order valence-corrected chi connectivity index (χ0v) is 16.6. The molecule has 0 amide bonds. The molecule has 0 radical (unpaired) electrons. The van der Waals surface area contributed by atoms with Crippen molar-refractivity contribution < 1.29 is 22.7 Å². The van der Waals surface area contributed by atoms with Crippen molar-refractivity contribution in [3.05, 3.63) is 35.0 Å². The smallest absolute Gasteiger partial charge is 0.418 e. The van der Waals surface area contributed by atoms with Crippen LogP contribution in [0.25, 0.3) is 11.0 Å². The van der Waals surface area contributed by atoms with Crippen LogP contribution in [0.5, 0.6) is 5.75 Å². The van der Waals surface area contributed by atoms with Gasteiger partial charge in [0.1, 0.15) is 11.3 Å². The lowest BCUT2D eigenvalue weighted by Gasteiger charge is -2.11. The monoisotopic (exact) mass is 442 g/mol. The SMILES string of the molecule is CCCCNc1nc(N)nc2cn(Cc3cccc(OC(=O)C(F)(F)F)c3Cl)nc12. The maximum Gasteiger partial charge on any atom is 0.491 e. The van der Waals surface area contributed by atoms with E-state index < -0.39 is 12.1 Å². The van der Waals surface area contributed by atoms with Gasteiger partial charge in [0.2, 0.25) is 5.95 Å². The standard InChI is InChI=1S/C18H18ClF3N6O2/c1-2-3-7-24-15-14-11(25-17(23)26-15)9-28(27-14)8-10-5-4-6-12(13(10)19)30-16(29)18(20,21)22/h4-6,9H,2-3,7-8H2,1H3,(H3,23,24,25,26). The van der Waals surface area contributed by atoms with Crippen molar-refractivity contribution in [2.24, 2.45) is 0 Å². The van der Waals surface area contributed by atoms with Crippen LogP contribution in [0, 0.1) is 0 Å². The molecular formula is C18H18ClF3N6O2. The number of nitrogens with two attached hydrogens (primary N) is 1. The van der Waals surface area contributed by atoms with Gasteiger partial charge >= 0.3 is 12.1 Å². The Hall–Kier alpha value is -3.08. The normalized spacial score (nSPS) is 11.6. The van der Waals surface area contributed by atoms with E-state index in [1.165, 1.54) is 16.8 Å². The molecule has 3 N–H and O–H groups in total. The number of carbonyl (C=O) groups is 1. The first-order valence-corrected chi connectivity index (χ1v) is 9.37. The van der Waals surface area contributed by atoms with Crippen LogP contribution in [0.3, 0.4) is 0 Å². The Bertz CT molecular complexity index is 1070. The highest BCUT2D eigenvalue weighted by atomic mass is 35.5. The first kappa shape index (κ1) is 21.6. The zero-order valence-electron chi connectivity index (χ0n) is 15.8. The fourth-order valence-electron chi connectivity index (χ4n) is 2.65. The molecule has 0 aliphatic carbocycles. The molecule has 8 nitrogen and oxygen atoms in total. The summed E-state index contributed by atoms with van der Waals surface area (Å²) < 4.78 is 43.2. The summed E-state index contributed by atoms with van der Waals surface area (Å²) in [5.41, 5.74) is 7.15. The lowest BCUT2D eigenvalue weighted by Crippen LogP contribution is -2.28. The minimum atomic E-state index is -5.13. The molecule has 0 spiro atoms. The number of ether oxygens (including phenoxy) is 1. The van der Waals surface area contributed by atoms with Crippen molar-refractivity contribution in [1.82, 2.24) is 19.7 Å². The van der Waals surface area contributed by atoms with E-state index in [-0.39, 0.29) is 23.3 Å². The highest BCUT2D eigenvalue weighted by Crippen LogP contribution is 2.31. The van der Waals surface area contributed by atoms with Gasteiger partial charge in [-0.2, -0.15) is 23.3 Å². The van der Waals surface area contributed by atoms with Crippen LogP contribution in [-0.2, 0) is 11.3 Å². The number of halogens is 4. The van der Waals surface area contributed by atoms with Crippen LogP contribution in [0.1, 0.15) is 25.3 Å². The quantitative estimate of drug-likeness (QED) is 0.325. The van der Waals surface area contributed by atoms with Gasteiger partial charge in [0, 0.05) is 6.54 Å². The van der Waals surface area contributed by atoms with E-state index in [0.717, 1.165) is 12.8 Å². The molecule has 3 aromatic rings. The summed E-state index contributed by atoms with van der Waals surface area (Å²) in [7, 11) is 0. The lowest BCUT2D eigenvalue weighted by molar-refractivity contribution is -0.189. The Morgan fingerprint density at radius 1 is 1.33 bits per heavy atom. The Morgan fingerprint density at radius 3 is 2.80 bits per heavy atom. The number of benzene rings is 1. The van der Waals surface area contributed by atoms with Gasteiger partial charge in [-0.05, 0) is 18.1 Å². The first-order chi connectivity index (χ1) is 14.2. The minimum absolute atomic E-state index is 0.0835. The third kappa shape index (κ3) is 4.90. The number of anilines is 2. The summed E-state index contributed by atoms with van der Waals surface area (Å²) in [5.74, 6) is -2.16. The van der Waals surface area contributed by atoms with Crippen LogP contribution in [0.2, 0.25) is 5.02 Å². The van der Waals surface area contributed by atoms with Crippen molar-refractivity contribution in [2.75, 3.05) is 17.6 Å². The molecule has 0 saturated carbocycles. The number of nitrogen functional groups attached to an aromatic ring is 1. The van der Waals surface area contributed by atoms with E-state index >= 15 is 0 Å². The second-order valence-corrected chi connectivity index (χ2v) is 6.77. The lowest BCUT2D eigenvalue weighted by atomic mass is 10.2. The van der Waals surface area contributed by atoms with Crippen LogP contribution in [-0.4, -0.2) is 38.4 Å². The number of nitrogens with one attached hydrogen (secondary N) is 1. The molecule has 0 bridgehead atoms. The minimum Gasteiger partial charge on any atom is -0.418 e. The molecule has 30 heavy (non-hydrogen) atoms. The van der Waals surface area contributed by atoms with Gasteiger partial charge in [0.15, 0.2) is 11.3 Å². The second-order valence-electron chi connectivity index (χ2n) is 6.39. The van der Waals surface area contributed by atoms with Crippen molar-refractivity contribution in [3.8, 4) is 5.75 Å². The van der Waals surface area contributed by atoms with Gasteiger partial charge in [-0.3, -0.25) is 4.68 Å². The third-order valence-electron chi connectivity index (χ3n) is 4.06. The van der Waals surface area contributed by atoms with Gasteiger partial charge in [-0.15, -0.1) is 0 Å². The number of fused-ring (bicyclic) bond motifs is 1. The molecule has 0 aliphatic rings. The molecular weight excluding hydrogens is 425 g/mol. The highest BCUT2D eigenvalue weighted by molar-refractivity contribution is 6.33. The molecule has 3 rings (SSSR count). The van der Waals surface area contributed by atoms with E-state index in [2.05, 4.69) is 32.0 Å². The van der Waals surface area contributed by atoms with E-state index in [0.29, 0.717) is 29.0 Å². The van der Waals surface area contributed by atoms with Gasteiger partial charge in [-0.1, -0.05) is 37.1 Å². The fourth-order valence-corrected chi connectivity index (χ4v) is 2.88. The van der Waals surface area contributed by atoms with Crippen molar-refractivity contribution in [2.45, 2.75) is 32.5 Å². The number of hydrogen-bond donors (Lipinski definition) is 2. The largest absolute Gasteiger partial charge is 0.491 e. The van der Waals surface area contributed by atoms with Crippen LogP contribution >= 0.6 is 11.6 Å². The van der Waals surface area contributed by atoms with Crippen molar-refractivity contribution >= 4 is 40.4 Å². The number of carbonyl (C=O) groups excluding carboxylic acids is 1. The zero-order chi connectivity index (χ0) is 21.9. The number of hydrogen-bond acceptors (Lipinski definition) is 7. The van der Waals surface area contributed by atoms with E-state index in [4.69, 9.17) is 17.3 Å². The Labute approximate surface area is 174 Å². The average Bonchev–Trinajstić information content (AvgIpc) is 3.06. The molecule has 2 heterocycles. The Kier molecular flexibility index (Phi) is 6.30. The van der Waals surface area contributed by atoms with E-state index in [1.54, 1.807) is 12.3 Å². The van der Waals surface area contributed by atoms with Gasteiger partial charge in [-0.25, -0.2) is 9.78 Å². The highest BCUT2D eigenvalue weighted by Gasteiger charge is 2.41. The van der Waals surface area contributed by atoms with E-state index in [9.17, 15) is 18.0 Å². The molecule has 0 saturated heterocycles. The van der Waals surface area contributed by atoms with Gasteiger partial charge in [0.05, 0.1) is 17.8 Å². The summed E-state index contributed by atoms with van der Waals surface area (Å²) in [6.07, 6.45) is -1.58. The first-order valence-electron chi connectivity index (χ1n) is 9.00. The topological polar surface area (TPSA) is 108 Å². The maximum absolute atomic E-state index is 12.5. The summed E-state index contributed by atoms with van der Waals surface area (Å²) in [5, 5.41) is 7.47. The summed E-state index contributed by atoms with van der Waals surface area (Å²) >= 11 is 6.15. The van der Waals surface area contributed by atoms with Gasteiger partial charge < -0.3 is 15.8 Å². The number of alkyl halides is 3. The van der Waals surface area contributed by atoms with Crippen molar-refractivity contribution in [3.63, 3.8) is 0 Å². The number of nitrogens with zero attached hydrogens (tertiary/aromatic N) is 4. The maximum atomic E-state index is 12.5. The predicted molar refractivity (Wildman–Crippen MR) is 105 cm³/mol. The van der Waals surface area contributed by atoms with Gasteiger partial charge in [0.25, 0.3) is 0 Å². The summed E-state index contributed by atoms with van der Waals surface area (Å²) in [6.45, 7) is 2.85. The number of esters is 1. The van der Waals surface area contributed by atoms with Crippen molar-refractivity contribution in [1.29, 1.82) is 0 Å². The molecule has 0 aliphatic heterocycles. The fraction of sp³-hybridized carbons (Fsp3) is 0.333. The Morgan fingerprint density at radius 2 is 2.10 bits per heavy atom. The Balaban J connectivity index is 1.87. The molecule has 2 aromatic heterocycles. The third-order valence-corrected chi connectivity index (χ3v) is 4.49. The average molecular weight is 443 g/mol. The molecule has 1 aromatic carbocycles.